The summed E-state index contributed by atoms with van der Waals surface area (Å²) in [4.78, 5) is 11.0. The number of carbonyl (C=O) groups is 1. The summed E-state index contributed by atoms with van der Waals surface area (Å²) in [6, 6.07) is 5.97. The number of hydrogen-bond donors (Lipinski definition) is 0. The van der Waals surface area contributed by atoms with Gasteiger partial charge in [0.2, 0.25) is 0 Å². The molecule has 0 N–H and O–H groups in total. The summed E-state index contributed by atoms with van der Waals surface area (Å²) in [6.45, 7) is 8.09. The van der Waals surface area contributed by atoms with Gasteiger partial charge in [0.05, 0.1) is 7.11 Å². The molecule has 88 valence electrons. The molecule has 0 fully saturated rings. The molecule has 16 heavy (non-hydrogen) atoms. The maximum atomic E-state index is 11.0. The summed E-state index contributed by atoms with van der Waals surface area (Å²) >= 11 is 0. The van der Waals surface area contributed by atoms with E-state index in [1.165, 1.54) is 0 Å². The first-order chi connectivity index (χ1) is 7.42. The van der Waals surface area contributed by atoms with Crippen LogP contribution in [0, 0.1) is 0 Å². The molecule has 0 bridgehead atoms. The fraction of sp³-hybridized carbons (Fsp3) is 0.500. The lowest BCUT2D eigenvalue weighted by Gasteiger charge is -2.21. The van der Waals surface area contributed by atoms with Crippen LogP contribution in [-0.4, -0.2) is 13.4 Å². The zero-order valence-corrected chi connectivity index (χ0v) is 10.7. The van der Waals surface area contributed by atoms with Gasteiger partial charge in [-0.2, -0.15) is 0 Å². The SMILES string of the molecule is COc1ccc(C(C)(C)C=O)cc1C(C)C. The Hall–Kier alpha value is -1.31. The van der Waals surface area contributed by atoms with Crippen LogP contribution in [-0.2, 0) is 10.2 Å². The Bertz CT molecular complexity index is 378. The lowest BCUT2D eigenvalue weighted by molar-refractivity contribution is -0.111. The van der Waals surface area contributed by atoms with Gasteiger partial charge in [-0.15, -0.1) is 0 Å². The second-order valence-corrected chi connectivity index (χ2v) is 4.95. The lowest BCUT2D eigenvalue weighted by Crippen LogP contribution is -2.19. The Morgan fingerprint density at radius 3 is 2.38 bits per heavy atom. The highest BCUT2D eigenvalue weighted by molar-refractivity contribution is 5.67. The summed E-state index contributed by atoms with van der Waals surface area (Å²) < 4.78 is 5.32. The van der Waals surface area contributed by atoms with Crippen LogP contribution in [0.3, 0.4) is 0 Å². The standard InChI is InChI=1S/C14H20O2/c1-10(2)12-8-11(14(3,4)9-15)6-7-13(12)16-5/h6-10H,1-5H3. The first kappa shape index (κ1) is 12.8. The van der Waals surface area contributed by atoms with Crippen LogP contribution in [0.2, 0.25) is 0 Å². The molecule has 1 aromatic carbocycles. The minimum absolute atomic E-state index is 0.386. The predicted octanol–water partition coefficient (Wildman–Crippen LogP) is 3.30. The van der Waals surface area contributed by atoms with Crippen molar-refractivity contribution in [2.45, 2.75) is 39.0 Å². The highest BCUT2D eigenvalue weighted by atomic mass is 16.5. The van der Waals surface area contributed by atoms with Crippen LogP contribution in [0.5, 0.6) is 5.75 Å². The highest BCUT2D eigenvalue weighted by Crippen LogP contribution is 2.31. The van der Waals surface area contributed by atoms with E-state index in [2.05, 4.69) is 19.9 Å². The van der Waals surface area contributed by atoms with E-state index < -0.39 is 5.41 Å². The van der Waals surface area contributed by atoms with Gasteiger partial charge in [0.1, 0.15) is 12.0 Å². The first-order valence-corrected chi connectivity index (χ1v) is 5.57. The van der Waals surface area contributed by atoms with Gasteiger partial charge in [0.15, 0.2) is 0 Å². The number of carbonyl (C=O) groups excluding carboxylic acids is 1. The second-order valence-electron chi connectivity index (χ2n) is 4.95. The van der Waals surface area contributed by atoms with E-state index in [9.17, 15) is 4.79 Å². The molecular weight excluding hydrogens is 200 g/mol. The monoisotopic (exact) mass is 220 g/mol. The van der Waals surface area contributed by atoms with Gasteiger partial charge in [-0.3, -0.25) is 0 Å². The van der Waals surface area contributed by atoms with Crippen molar-refractivity contribution >= 4 is 6.29 Å². The minimum atomic E-state index is -0.435. The largest absolute Gasteiger partial charge is 0.496 e. The molecule has 0 spiro atoms. The van der Waals surface area contributed by atoms with Crippen molar-refractivity contribution in [1.82, 2.24) is 0 Å². The average Bonchev–Trinajstić information content (AvgIpc) is 2.28. The molecule has 0 saturated heterocycles. The maximum absolute atomic E-state index is 11.0. The van der Waals surface area contributed by atoms with E-state index in [-0.39, 0.29) is 0 Å². The van der Waals surface area contributed by atoms with Gasteiger partial charge in [-0.05, 0) is 37.0 Å². The molecule has 2 nitrogen and oxygen atoms in total. The van der Waals surface area contributed by atoms with Crippen LogP contribution >= 0.6 is 0 Å². The summed E-state index contributed by atoms with van der Waals surface area (Å²) in [5.74, 6) is 1.28. The Balaban J connectivity index is 3.27. The fourth-order valence-corrected chi connectivity index (χ4v) is 1.65. The number of ether oxygens (including phenoxy) is 1. The number of benzene rings is 1. The van der Waals surface area contributed by atoms with Crippen LogP contribution < -0.4 is 4.74 Å². The van der Waals surface area contributed by atoms with E-state index in [1.807, 2.05) is 26.0 Å². The molecule has 0 radical (unpaired) electrons. The van der Waals surface area contributed by atoms with Crippen molar-refractivity contribution < 1.29 is 9.53 Å². The molecule has 1 rings (SSSR count). The average molecular weight is 220 g/mol. The third-order valence-electron chi connectivity index (χ3n) is 2.89. The number of rotatable bonds is 4. The molecular formula is C14H20O2. The number of aldehydes is 1. The van der Waals surface area contributed by atoms with Crippen molar-refractivity contribution in [2.24, 2.45) is 0 Å². The molecule has 0 aromatic heterocycles. The van der Waals surface area contributed by atoms with Crippen LogP contribution in [0.1, 0.15) is 44.7 Å². The zero-order chi connectivity index (χ0) is 12.3. The summed E-state index contributed by atoms with van der Waals surface area (Å²) in [6.07, 6.45) is 0.985. The maximum Gasteiger partial charge on any atom is 0.129 e. The van der Waals surface area contributed by atoms with Crippen molar-refractivity contribution in [1.29, 1.82) is 0 Å². The lowest BCUT2D eigenvalue weighted by atomic mass is 9.84. The van der Waals surface area contributed by atoms with E-state index in [4.69, 9.17) is 4.74 Å². The summed E-state index contributed by atoms with van der Waals surface area (Å²) in [5, 5.41) is 0. The van der Waals surface area contributed by atoms with E-state index in [0.29, 0.717) is 5.92 Å². The van der Waals surface area contributed by atoms with Gasteiger partial charge in [0.25, 0.3) is 0 Å². The predicted molar refractivity (Wildman–Crippen MR) is 66.2 cm³/mol. The van der Waals surface area contributed by atoms with Crippen LogP contribution in [0.25, 0.3) is 0 Å². The molecule has 2 heteroatoms. The molecule has 0 aliphatic rings. The normalized spacial score (nSPS) is 11.6. The third kappa shape index (κ3) is 2.43. The Labute approximate surface area is 97.6 Å². The van der Waals surface area contributed by atoms with Gasteiger partial charge < -0.3 is 9.53 Å². The smallest absolute Gasteiger partial charge is 0.129 e. The first-order valence-electron chi connectivity index (χ1n) is 5.57. The van der Waals surface area contributed by atoms with Crippen molar-refractivity contribution in [3.05, 3.63) is 29.3 Å². The molecule has 0 atom stereocenters. The molecule has 1 aromatic rings. The highest BCUT2D eigenvalue weighted by Gasteiger charge is 2.21. The van der Waals surface area contributed by atoms with Crippen molar-refractivity contribution in [3.63, 3.8) is 0 Å². The number of hydrogen-bond acceptors (Lipinski definition) is 2. The minimum Gasteiger partial charge on any atom is -0.496 e. The van der Waals surface area contributed by atoms with E-state index in [1.54, 1.807) is 7.11 Å². The molecule has 0 heterocycles. The van der Waals surface area contributed by atoms with Gasteiger partial charge in [0, 0.05) is 5.41 Å². The fourth-order valence-electron chi connectivity index (χ4n) is 1.65. The van der Waals surface area contributed by atoms with Gasteiger partial charge in [-0.25, -0.2) is 0 Å². The summed E-state index contributed by atoms with van der Waals surface area (Å²) in [5.41, 5.74) is 1.75. The van der Waals surface area contributed by atoms with E-state index in [0.717, 1.165) is 23.2 Å². The third-order valence-corrected chi connectivity index (χ3v) is 2.89. The Morgan fingerprint density at radius 2 is 1.94 bits per heavy atom. The molecule has 0 saturated carbocycles. The topological polar surface area (TPSA) is 26.3 Å². The zero-order valence-electron chi connectivity index (χ0n) is 10.7. The second kappa shape index (κ2) is 4.69. The molecule has 0 amide bonds. The van der Waals surface area contributed by atoms with Gasteiger partial charge in [-0.1, -0.05) is 26.0 Å². The molecule has 0 unspecified atom stereocenters. The quantitative estimate of drug-likeness (QED) is 0.728. The molecule has 0 aliphatic heterocycles. The molecule has 0 aliphatic carbocycles. The Morgan fingerprint density at radius 1 is 1.31 bits per heavy atom. The van der Waals surface area contributed by atoms with Gasteiger partial charge >= 0.3 is 0 Å². The number of methoxy groups -OCH3 is 1. The van der Waals surface area contributed by atoms with Crippen molar-refractivity contribution in [2.75, 3.05) is 7.11 Å². The summed E-state index contributed by atoms with van der Waals surface area (Å²) in [7, 11) is 1.67. The Kier molecular flexibility index (Phi) is 3.74. The van der Waals surface area contributed by atoms with Crippen molar-refractivity contribution in [3.8, 4) is 5.75 Å². The van der Waals surface area contributed by atoms with E-state index >= 15 is 0 Å². The van der Waals surface area contributed by atoms with Crippen LogP contribution in [0.4, 0.5) is 0 Å². The van der Waals surface area contributed by atoms with Crippen LogP contribution in [0.15, 0.2) is 18.2 Å².